The fraction of sp³-hybridized carbons (Fsp3) is 0.222. The van der Waals surface area contributed by atoms with Gasteiger partial charge in [-0.3, -0.25) is 0 Å². The fourth-order valence-electron chi connectivity index (χ4n) is 0.967. The Morgan fingerprint density at radius 1 is 1.57 bits per heavy atom. The number of carboxylic acid groups (broad SMARTS) is 1. The van der Waals surface area contributed by atoms with Crippen LogP contribution in [0.4, 0.5) is 10.1 Å². The van der Waals surface area contributed by atoms with Gasteiger partial charge in [0.25, 0.3) is 0 Å². The number of halogens is 1. The maximum absolute atomic E-state index is 11.8. The number of nitrogen functional groups attached to an aromatic ring is 1. The summed E-state index contributed by atoms with van der Waals surface area (Å²) in [7, 11) is 0. The van der Waals surface area contributed by atoms with E-state index in [0.29, 0.717) is 5.75 Å². The Morgan fingerprint density at radius 3 is 2.86 bits per heavy atom. The molecule has 3 N–H and O–H groups in total. The number of ether oxygens (including phenoxy) is 1. The average Bonchev–Trinajstić information content (AvgIpc) is 2.16. The van der Waals surface area contributed by atoms with Crippen molar-refractivity contribution >= 4 is 11.7 Å². The Kier molecular flexibility index (Phi) is 3.28. The molecule has 0 amide bonds. The van der Waals surface area contributed by atoms with E-state index in [2.05, 4.69) is 0 Å². The van der Waals surface area contributed by atoms with E-state index in [1.807, 2.05) is 0 Å². The van der Waals surface area contributed by atoms with E-state index in [1.54, 1.807) is 0 Å². The minimum atomic E-state index is -1.13. The average molecular weight is 199 g/mol. The first-order valence-electron chi connectivity index (χ1n) is 3.96. The van der Waals surface area contributed by atoms with Crippen LogP contribution in [0.3, 0.4) is 0 Å². The number of nitrogens with two attached hydrogens (primary N) is 1. The number of carboxylic acids is 1. The summed E-state index contributed by atoms with van der Waals surface area (Å²) in [6.45, 7) is -0.713. The normalized spacial score (nSPS) is 9.79. The number of carbonyl (C=O) groups is 1. The third-order valence-corrected chi connectivity index (χ3v) is 1.60. The van der Waals surface area contributed by atoms with Crippen LogP contribution in [0.15, 0.2) is 18.2 Å². The summed E-state index contributed by atoms with van der Waals surface area (Å²) in [4.78, 5) is 10.6. The van der Waals surface area contributed by atoms with Gasteiger partial charge in [-0.1, -0.05) is 0 Å². The van der Waals surface area contributed by atoms with E-state index < -0.39 is 12.6 Å². The van der Waals surface area contributed by atoms with Gasteiger partial charge < -0.3 is 15.6 Å². The number of benzene rings is 1. The van der Waals surface area contributed by atoms with Crippen molar-refractivity contribution in [1.29, 1.82) is 0 Å². The summed E-state index contributed by atoms with van der Waals surface area (Å²) < 4.78 is 16.7. The van der Waals surface area contributed by atoms with E-state index in [-0.39, 0.29) is 17.9 Å². The summed E-state index contributed by atoms with van der Waals surface area (Å²) >= 11 is 0. The first-order valence-corrected chi connectivity index (χ1v) is 3.96. The van der Waals surface area contributed by atoms with E-state index >= 15 is 0 Å². The highest BCUT2D eigenvalue weighted by molar-refractivity contribution is 5.94. The predicted octanol–water partition coefficient (Wildman–Crippen LogP) is 1.32. The van der Waals surface area contributed by atoms with Crippen molar-refractivity contribution in [2.24, 2.45) is 0 Å². The van der Waals surface area contributed by atoms with Gasteiger partial charge in [-0.2, -0.15) is 0 Å². The van der Waals surface area contributed by atoms with Gasteiger partial charge >= 0.3 is 5.97 Å². The van der Waals surface area contributed by atoms with Crippen molar-refractivity contribution in [3.63, 3.8) is 0 Å². The SMILES string of the molecule is Nc1ccc(OCCF)cc1C(=O)O. The van der Waals surface area contributed by atoms with Crippen molar-refractivity contribution in [3.8, 4) is 5.75 Å². The van der Waals surface area contributed by atoms with Gasteiger partial charge in [0.2, 0.25) is 0 Å². The quantitative estimate of drug-likeness (QED) is 0.717. The van der Waals surface area contributed by atoms with E-state index in [1.165, 1.54) is 18.2 Å². The van der Waals surface area contributed by atoms with Crippen LogP contribution in [0.5, 0.6) is 5.75 Å². The summed E-state index contributed by atoms with van der Waals surface area (Å²) in [5.74, 6) is -0.831. The monoisotopic (exact) mass is 199 g/mol. The molecule has 0 radical (unpaired) electrons. The molecule has 5 heteroatoms. The highest BCUT2D eigenvalue weighted by Gasteiger charge is 2.08. The van der Waals surface area contributed by atoms with Crippen LogP contribution < -0.4 is 10.5 Å². The molecule has 0 fully saturated rings. The summed E-state index contributed by atoms with van der Waals surface area (Å²) in [6.07, 6.45) is 0. The molecule has 0 aliphatic heterocycles. The van der Waals surface area contributed by atoms with Crippen molar-refractivity contribution in [2.45, 2.75) is 0 Å². The summed E-state index contributed by atoms with van der Waals surface area (Å²) in [5, 5.41) is 8.71. The highest BCUT2D eigenvalue weighted by Crippen LogP contribution is 2.19. The lowest BCUT2D eigenvalue weighted by atomic mass is 10.2. The summed E-state index contributed by atoms with van der Waals surface area (Å²) in [5.41, 5.74) is 5.53. The second-order valence-electron chi connectivity index (χ2n) is 2.59. The standard InChI is InChI=1S/C9H10FNO3/c10-3-4-14-6-1-2-8(11)7(5-6)9(12)13/h1-2,5H,3-4,11H2,(H,12,13). The van der Waals surface area contributed by atoms with Crippen molar-refractivity contribution in [1.82, 2.24) is 0 Å². The molecular formula is C9H10FNO3. The molecule has 1 aromatic carbocycles. The third kappa shape index (κ3) is 2.35. The number of aromatic carboxylic acids is 1. The molecule has 0 aliphatic carbocycles. The number of hydrogen-bond donors (Lipinski definition) is 2. The largest absolute Gasteiger partial charge is 0.491 e. The second kappa shape index (κ2) is 4.45. The molecule has 0 aliphatic rings. The van der Waals surface area contributed by atoms with Crippen LogP contribution in [-0.2, 0) is 0 Å². The minimum absolute atomic E-state index is 0.0404. The first kappa shape index (κ1) is 10.3. The van der Waals surface area contributed by atoms with Crippen LogP contribution in [0, 0.1) is 0 Å². The Hall–Kier alpha value is -1.78. The molecule has 0 aromatic heterocycles. The fourth-order valence-corrected chi connectivity index (χ4v) is 0.967. The third-order valence-electron chi connectivity index (χ3n) is 1.60. The maximum atomic E-state index is 11.8. The zero-order valence-corrected chi connectivity index (χ0v) is 7.37. The van der Waals surface area contributed by atoms with Crippen LogP contribution in [0.25, 0.3) is 0 Å². The zero-order chi connectivity index (χ0) is 10.6. The van der Waals surface area contributed by atoms with Crippen LogP contribution >= 0.6 is 0 Å². The number of rotatable bonds is 4. The Morgan fingerprint density at radius 2 is 2.29 bits per heavy atom. The molecule has 0 bridgehead atoms. The molecule has 4 nitrogen and oxygen atoms in total. The molecule has 0 saturated heterocycles. The second-order valence-corrected chi connectivity index (χ2v) is 2.59. The molecule has 0 atom stereocenters. The lowest BCUT2D eigenvalue weighted by Gasteiger charge is -2.06. The van der Waals surface area contributed by atoms with Gasteiger partial charge in [0.1, 0.15) is 19.0 Å². The van der Waals surface area contributed by atoms with Gasteiger partial charge in [-0.05, 0) is 18.2 Å². The number of anilines is 1. The zero-order valence-electron chi connectivity index (χ0n) is 7.37. The van der Waals surface area contributed by atoms with Crippen molar-refractivity contribution < 1.29 is 19.0 Å². The Labute approximate surface area is 80.1 Å². The smallest absolute Gasteiger partial charge is 0.337 e. The molecule has 14 heavy (non-hydrogen) atoms. The van der Waals surface area contributed by atoms with Gasteiger partial charge in [-0.25, -0.2) is 9.18 Å². The van der Waals surface area contributed by atoms with Crippen molar-refractivity contribution in [2.75, 3.05) is 19.0 Å². The summed E-state index contributed by atoms with van der Waals surface area (Å²) in [6, 6.07) is 4.18. The van der Waals surface area contributed by atoms with Gasteiger partial charge in [0.05, 0.1) is 5.56 Å². The molecular weight excluding hydrogens is 189 g/mol. The molecule has 0 spiro atoms. The molecule has 1 aromatic rings. The molecule has 76 valence electrons. The van der Waals surface area contributed by atoms with E-state index in [9.17, 15) is 9.18 Å². The van der Waals surface area contributed by atoms with Crippen LogP contribution in [0.1, 0.15) is 10.4 Å². The number of alkyl halides is 1. The topological polar surface area (TPSA) is 72.5 Å². The lowest BCUT2D eigenvalue weighted by molar-refractivity contribution is 0.0697. The molecule has 0 saturated carbocycles. The first-order chi connectivity index (χ1) is 6.65. The Bertz CT molecular complexity index is 341. The van der Waals surface area contributed by atoms with Crippen LogP contribution in [0.2, 0.25) is 0 Å². The maximum Gasteiger partial charge on any atom is 0.337 e. The minimum Gasteiger partial charge on any atom is -0.491 e. The lowest BCUT2D eigenvalue weighted by Crippen LogP contribution is -2.04. The van der Waals surface area contributed by atoms with Gasteiger partial charge in [-0.15, -0.1) is 0 Å². The Balaban J connectivity index is 2.89. The van der Waals surface area contributed by atoms with E-state index in [4.69, 9.17) is 15.6 Å². The van der Waals surface area contributed by atoms with Crippen molar-refractivity contribution in [3.05, 3.63) is 23.8 Å². The van der Waals surface area contributed by atoms with Gasteiger partial charge in [0.15, 0.2) is 0 Å². The van der Waals surface area contributed by atoms with Crippen LogP contribution in [-0.4, -0.2) is 24.4 Å². The molecule has 1 rings (SSSR count). The highest BCUT2D eigenvalue weighted by atomic mass is 19.1. The molecule has 0 heterocycles. The molecule has 0 unspecified atom stereocenters. The van der Waals surface area contributed by atoms with E-state index in [0.717, 1.165) is 0 Å². The van der Waals surface area contributed by atoms with Gasteiger partial charge in [0, 0.05) is 5.69 Å². The number of hydrogen-bond acceptors (Lipinski definition) is 3. The predicted molar refractivity (Wildman–Crippen MR) is 49.3 cm³/mol.